The maximum Gasteiger partial charge on any atom is 0.255 e. The molecule has 1 aromatic rings. The monoisotopic (exact) mass is 265 g/mol. The highest BCUT2D eigenvalue weighted by molar-refractivity contribution is 5.97. The van der Waals surface area contributed by atoms with E-state index in [1.54, 1.807) is 25.1 Å². The van der Waals surface area contributed by atoms with Crippen molar-refractivity contribution < 1.29 is 14.7 Å². The Hall–Kier alpha value is -2.24. The van der Waals surface area contributed by atoms with E-state index in [9.17, 15) is 4.79 Å². The van der Waals surface area contributed by atoms with Crippen LogP contribution in [-0.4, -0.2) is 29.6 Å². The number of carbonyl (C=O) groups is 1. The van der Waals surface area contributed by atoms with Gasteiger partial charge in [-0.05, 0) is 26.0 Å². The zero-order valence-electron chi connectivity index (χ0n) is 11.1. The molecule has 19 heavy (non-hydrogen) atoms. The summed E-state index contributed by atoms with van der Waals surface area (Å²) in [5, 5.41) is 14.1. The summed E-state index contributed by atoms with van der Waals surface area (Å²) in [7, 11) is 0. The van der Waals surface area contributed by atoms with Crippen molar-refractivity contribution in [1.82, 2.24) is 5.32 Å². The first-order valence-corrected chi connectivity index (χ1v) is 6.07. The number of nitrogens with two attached hydrogens (primary N) is 1. The van der Waals surface area contributed by atoms with Crippen LogP contribution in [0.1, 0.15) is 30.6 Å². The van der Waals surface area contributed by atoms with Crippen molar-refractivity contribution in [1.29, 1.82) is 0 Å². The lowest BCUT2D eigenvalue weighted by atomic mass is 10.1. The molecule has 1 amide bonds. The highest BCUT2D eigenvalue weighted by Crippen LogP contribution is 2.17. The van der Waals surface area contributed by atoms with Crippen LogP contribution in [0.5, 0.6) is 5.75 Å². The average Bonchev–Trinajstić information content (AvgIpc) is 2.39. The number of hydrogen-bond acceptors (Lipinski definition) is 4. The molecule has 1 rings (SSSR count). The van der Waals surface area contributed by atoms with E-state index in [2.05, 4.69) is 10.5 Å². The number of amides is 1. The zero-order valence-corrected chi connectivity index (χ0v) is 11.1. The molecule has 6 heteroatoms. The molecule has 0 fully saturated rings. The standard InChI is InChI=1S/C13H19N3O3/c1-3-19-11-7-5-4-6-10(11)13(17)15-9(2)8-12(14)16-18/h4-7,9,18H,3,8H2,1-2H3,(H2,14,16)(H,15,17). The summed E-state index contributed by atoms with van der Waals surface area (Å²) < 4.78 is 5.39. The number of benzene rings is 1. The largest absolute Gasteiger partial charge is 0.493 e. The van der Waals surface area contributed by atoms with Gasteiger partial charge in [-0.1, -0.05) is 17.3 Å². The molecular weight excluding hydrogens is 246 g/mol. The first-order chi connectivity index (χ1) is 9.08. The zero-order chi connectivity index (χ0) is 14.3. The van der Waals surface area contributed by atoms with Crippen molar-refractivity contribution >= 4 is 11.7 Å². The van der Waals surface area contributed by atoms with Crippen LogP contribution >= 0.6 is 0 Å². The van der Waals surface area contributed by atoms with Crippen molar-refractivity contribution in [2.75, 3.05) is 6.61 Å². The Bertz CT molecular complexity index is 460. The molecule has 4 N–H and O–H groups in total. The van der Waals surface area contributed by atoms with E-state index in [-0.39, 0.29) is 24.2 Å². The molecule has 104 valence electrons. The van der Waals surface area contributed by atoms with Crippen molar-refractivity contribution in [2.45, 2.75) is 26.3 Å². The minimum Gasteiger partial charge on any atom is -0.493 e. The average molecular weight is 265 g/mol. The first kappa shape index (κ1) is 14.8. The number of carbonyl (C=O) groups excluding carboxylic acids is 1. The fraction of sp³-hybridized carbons (Fsp3) is 0.385. The topological polar surface area (TPSA) is 96.9 Å². The molecule has 0 spiro atoms. The van der Waals surface area contributed by atoms with Crippen molar-refractivity contribution in [3.63, 3.8) is 0 Å². The summed E-state index contributed by atoms with van der Waals surface area (Å²) in [6, 6.07) is 6.77. The summed E-state index contributed by atoms with van der Waals surface area (Å²) in [4.78, 5) is 12.1. The summed E-state index contributed by atoms with van der Waals surface area (Å²) in [5.41, 5.74) is 5.86. The Morgan fingerprint density at radius 3 is 2.84 bits per heavy atom. The summed E-state index contributed by atoms with van der Waals surface area (Å²) in [6.07, 6.45) is 0.277. The maximum absolute atomic E-state index is 12.1. The minimum absolute atomic E-state index is 0.0749. The van der Waals surface area contributed by atoms with Crippen molar-refractivity contribution in [3.8, 4) is 5.75 Å². The molecule has 1 atom stereocenters. The van der Waals surface area contributed by atoms with Crippen LogP contribution in [0.3, 0.4) is 0 Å². The fourth-order valence-corrected chi connectivity index (χ4v) is 1.64. The van der Waals surface area contributed by atoms with E-state index in [4.69, 9.17) is 15.7 Å². The Morgan fingerprint density at radius 2 is 2.21 bits per heavy atom. The molecule has 0 aliphatic heterocycles. The normalized spacial score (nSPS) is 12.8. The summed E-state index contributed by atoms with van der Waals surface area (Å²) in [6.45, 7) is 4.12. The van der Waals surface area contributed by atoms with Gasteiger partial charge in [0.25, 0.3) is 5.91 Å². The van der Waals surface area contributed by atoms with Gasteiger partial charge in [0.05, 0.1) is 12.2 Å². The van der Waals surface area contributed by atoms with Gasteiger partial charge >= 0.3 is 0 Å². The van der Waals surface area contributed by atoms with Crippen LogP contribution in [-0.2, 0) is 0 Å². The third-order valence-corrected chi connectivity index (χ3v) is 2.45. The van der Waals surface area contributed by atoms with Gasteiger partial charge in [0.15, 0.2) is 0 Å². The first-order valence-electron chi connectivity index (χ1n) is 6.07. The number of hydrogen-bond donors (Lipinski definition) is 3. The van der Waals surface area contributed by atoms with E-state index in [0.29, 0.717) is 17.9 Å². The third-order valence-electron chi connectivity index (χ3n) is 2.45. The quantitative estimate of drug-likeness (QED) is 0.313. The molecule has 0 aliphatic rings. The molecule has 0 aliphatic carbocycles. The number of amidine groups is 1. The predicted molar refractivity (Wildman–Crippen MR) is 72.6 cm³/mol. The van der Waals surface area contributed by atoms with Crippen LogP contribution < -0.4 is 15.8 Å². The highest BCUT2D eigenvalue weighted by Gasteiger charge is 2.15. The Balaban J connectivity index is 2.72. The lowest BCUT2D eigenvalue weighted by Gasteiger charge is -2.15. The second-order valence-corrected chi connectivity index (χ2v) is 4.10. The molecular formula is C13H19N3O3. The number of nitrogens with zero attached hydrogens (tertiary/aromatic N) is 1. The van der Waals surface area contributed by atoms with Crippen LogP contribution in [0.25, 0.3) is 0 Å². The SMILES string of the molecule is CCOc1ccccc1C(=O)NC(C)CC(N)=NO. The van der Waals surface area contributed by atoms with E-state index in [1.165, 1.54) is 0 Å². The van der Waals surface area contributed by atoms with Gasteiger partial charge in [-0.25, -0.2) is 0 Å². The summed E-state index contributed by atoms with van der Waals surface area (Å²) in [5.74, 6) is 0.367. The lowest BCUT2D eigenvalue weighted by Crippen LogP contribution is -2.36. The van der Waals surface area contributed by atoms with E-state index in [0.717, 1.165) is 0 Å². The van der Waals surface area contributed by atoms with Gasteiger partial charge < -0.3 is 21.0 Å². The molecule has 0 heterocycles. The lowest BCUT2D eigenvalue weighted by molar-refractivity contribution is 0.0937. The second-order valence-electron chi connectivity index (χ2n) is 4.10. The predicted octanol–water partition coefficient (Wildman–Crippen LogP) is 1.34. The molecule has 0 bridgehead atoms. The van der Waals surface area contributed by atoms with Gasteiger partial charge in [-0.15, -0.1) is 0 Å². The van der Waals surface area contributed by atoms with Crippen LogP contribution in [0.2, 0.25) is 0 Å². The van der Waals surface area contributed by atoms with Crippen LogP contribution in [0.4, 0.5) is 0 Å². The van der Waals surface area contributed by atoms with Crippen LogP contribution in [0, 0.1) is 0 Å². The van der Waals surface area contributed by atoms with Crippen molar-refractivity contribution in [2.24, 2.45) is 10.9 Å². The molecule has 1 unspecified atom stereocenters. The molecule has 0 saturated heterocycles. The number of para-hydroxylation sites is 1. The molecule has 0 radical (unpaired) electrons. The molecule has 6 nitrogen and oxygen atoms in total. The number of nitrogens with one attached hydrogen (secondary N) is 1. The van der Waals surface area contributed by atoms with Gasteiger partial charge in [-0.2, -0.15) is 0 Å². The van der Waals surface area contributed by atoms with Gasteiger partial charge in [0.1, 0.15) is 11.6 Å². The second kappa shape index (κ2) is 7.25. The Morgan fingerprint density at radius 1 is 1.53 bits per heavy atom. The van der Waals surface area contributed by atoms with Gasteiger partial charge in [-0.3, -0.25) is 4.79 Å². The number of oxime groups is 1. The van der Waals surface area contributed by atoms with Gasteiger partial charge in [0.2, 0.25) is 0 Å². The fourth-order valence-electron chi connectivity index (χ4n) is 1.64. The summed E-state index contributed by atoms with van der Waals surface area (Å²) >= 11 is 0. The number of rotatable bonds is 6. The van der Waals surface area contributed by atoms with Crippen molar-refractivity contribution in [3.05, 3.63) is 29.8 Å². The van der Waals surface area contributed by atoms with Crippen LogP contribution in [0.15, 0.2) is 29.4 Å². The minimum atomic E-state index is -0.248. The Labute approximate surface area is 112 Å². The molecule has 0 saturated carbocycles. The number of ether oxygens (including phenoxy) is 1. The Kier molecular flexibility index (Phi) is 5.66. The van der Waals surface area contributed by atoms with Gasteiger partial charge in [0, 0.05) is 12.5 Å². The van der Waals surface area contributed by atoms with E-state index >= 15 is 0 Å². The van der Waals surface area contributed by atoms with E-state index in [1.807, 2.05) is 13.0 Å². The third kappa shape index (κ3) is 4.50. The molecule has 1 aromatic carbocycles. The maximum atomic E-state index is 12.1. The van der Waals surface area contributed by atoms with E-state index < -0.39 is 0 Å². The highest BCUT2D eigenvalue weighted by atomic mass is 16.5. The smallest absolute Gasteiger partial charge is 0.255 e. The molecule has 0 aromatic heterocycles.